The van der Waals surface area contributed by atoms with Gasteiger partial charge in [0.15, 0.2) is 0 Å². The maximum atomic E-state index is 13.8. The maximum Gasteiger partial charge on any atom is 0.251 e. The van der Waals surface area contributed by atoms with Crippen LogP contribution in [0.3, 0.4) is 0 Å². The Labute approximate surface area is 121 Å². The Kier molecular flexibility index (Phi) is 5.13. The number of furan rings is 1. The van der Waals surface area contributed by atoms with Crippen molar-refractivity contribution in [2.45, 2.75) is 13.0 Å². The number of benzene rings is 1. The molecule has 2 N–H and O–H groups in total. The first-order valence-corrected chi connectivity index (χ1v) is 6.40. The molecule has 1 amide bonds. The molecule has 0 radical (unpaired) electrons. The van der Waals surface area contributed by atoms with Crippen molar-refractivity contribution >= 4 is 5.91 Å². The van der Waals surface area contributed by atoms with E-state index in [9.17, 15) is 9.18 Å². The van der Waals surface area contributed by atoms with Gasteiger partial charge in [-0.15, -0.1) is 0 Å². The lowest BCUT2D eigenvalue weighted by Crippen LogP contribution is -2.22. The summed E-state index contributed by atoms with van der Waals surface area (Å²) in [5, 5.41) is 11.2. The van der Waals surface area contributed by atoms with Crippen LogP contribution in [-0.4, -0.2) is 17.6 Å². The molecule has 0 aliphatic rings. The van der Waals surface area contributed by atoms with Crippen molar-refractivity contribution in [3.63, 3.8) is 0 Å². The van der Waals surface area contributed by atoms with Crippen molar-refractivity contribution in [2.24, 2.45) is 0 Å². The summed E-state index contributed by atoms with van der Waals surface area (Å²) in [7, 11) is 0. The molecule has 1 aromatic heterocycles. The van der Waals surface area contributed by atoms with Crippen molar-refractivity contribution < 1.29 is 18.7 Å². The second-order valence-electron chi connectivity index (χ2n) is 4.23. The first-order chi connectivity index (χ1) is 10.2. The molecule has 1 aromatic carbocycles. The highest BCUT2D eigenvalue weighted by atomic mass is 19.1. The minimum atomic E-state index is -0.564. The van der Waals surface area contributed by atoms with E-state index in [0.29, 0.717) is 5.76 Å². The molecule has 0 aliphatic carbocycles. The summed E-state index contributed by atoms with van der Waals surface area (Å²) in [6.07, 6.45) is 1.80. The van der Waals surface area contributed by atoms with Crippen molar-refractivity contribution in [1.29, 1.82) is 0 Å². The van der Waals surface area contributed by atoms with E-state index in [1.54, 1.807) is 12.1 Å². The third kappa shape index (κ3) is 4.20. The molecule has 2 aromatic rings. The summed E-state index contributed by atoms with van der Waals surface area (Å²) in [5.41, 5.74) is 0.415. The molecule has 0 aliphatic heterocycles. The van der Waals surface area contributed by atoms with Crippen molar-refractivity contribution in [3.05, 3.63) is 59.3 Å². The van der Waals surface area contributed by atoms with E-state index in [0.717, 1.165) is 6.07 Å². The molecule has 0 saturated carbocycles. The Morgan fingerprint density at radius 1 is 1.38 bits per heavy atom. The van der Waals surface area contributed by atoms with E-state index in [4.69, 9.17) is 9.52 Å². The molecule has 5 heteroatoms. The van der Waals surface area contributed by atoms with E-state index in [1.165, 1.54) is 18.4 Å². The summed E-state index contributed by atoms with van der Waals surface area (Å²) in [6, 6.07) is 7.55. The highest BCUT2D eigenvalue weighted by molar-refractivity contribution is 5.94. The number of rotatable bonds is 4. The largest absolute Gasteiger partial charge is 0.467 e. The number of aliphatic hydroxyl groups is 1. The van der Waals surface area contributed by atoms with Crippen molar-refractivity contribution in [3.8, 4) is 11.8 Å². The van der Waals surface area contributed by atoms with Gasteiger partial charge < -0.3 is 14.8 Å². The van der Waals surface area contributed by atoms with Crippen LogP contribution in [0.25, 0.3) is 0 Å². The Hall–Kier alpha value is -2.58. The van der Waals surface area contributed by atoms with Gasteiger partial charge in [0.25, 0.3) is 5.91 Å². The average Bonchev–Trinajstić information content (AvgIpc) is 3.00. The van der Waals surface area contributed by atoms with E-state index in [2.05, 4.69) is 17.2 Å². The zero-order chi connectivity index (χ0) is 15.1. The van der Waals surface area contributed by atoms with Crippen LogP contribution in [0.2, 0.25) is 0 Å². The molecule has 2 rings (SSSR count). The van der Waals surface area contributed by atoms with Gasteiger partial charge in [0.2, 0.25) is 0 Å². The van der Waals surface area contributed by atoms with Gasteiger partial charge in [0.05, 0.1) is 25.0 Å². The van der Waals surface area contributed by atoms with Crippen LogP contribution in [0.15, 0.2) is 41.0 Å². The topological polar surface area (TPSA) is 62.5 Å². The third-order valence-electron chi connectivity index (χ3n) is 2.69. The van der Waals surface area contributed by atoms with Gasteiger partial charge in [-0.2, -0.15) is 0 Å². The highest BCUT2D eigenvalue weighted by Gasteiger charge is 2.09. The van der Waals surface area contributed by atoms with Gasteiger partial charge in [0, 0.05) is 12.0 Å². The Morgan fingerprint density at radius 2 is 2.24 bits per heavy atom. The molecule has 0 atom stereocenters. The number of carbonyl (C=O) groups excluding carboxylic acids is 1. The SMILES string of the molecule is O=C(NCc1ccco1)c1ccc(C#CCCO)c(F)c1. The second-order valence-corrected chi connectivity index (χ2v) is 4.23. The molecule has 108 valence electrons. The number of nitrogens with one attached hydrogen (secondary N) is 1. The van der Waals surface area contributed by atoms with Gasteiger partial charge >= 0.3 is 0 Å². The average molecular weight is 287 g/mol. The van der Waals surface area contributed by atoms with Crippen LogP contribution in [0, 0.1) is 17.7 Å². The Morgan fingerprint density at radius 3 is 2.90 bits per heavy atom. The monoisotopic (exact) mass is 287 g/mol. The van der Waals surface area contributed by atoms with E-state index in [-0.39, 0.29) is 36.6 Å². The normalized spacial score (nSPS) is 9.81. The number of hydrogen-bond acceptors (Lipinski definition) is 3. The molecule has 0 spiro atoms. The molecular formula is C16H14FNO3. The standard InChI is InChI=1S/C16H14FNO3/c17-15-10-13(7-6-12(15)4-1-2-8-19)16(20)18-11-14-5-3-9-21-14/h3,5-7,9-10,19H,2,8,11H2,(H,18,20). The minimum absolute atomic E-state index is 0.0676. The van der Waals surface area contributed by atoms with Gasteiger partial charge in [0.1, 0.15) is 11.6 Å². The number of carbonyl (C=O) groups is 1. The molecule has 0 saturated heterocycles. The number of aliphatic hydroxyl groups excluding tert-OH is 1. The molecular weight excluding hydrogens is 273 g/mol. The first kappa shape index (κ1) is 14.8. The molecule has 0 unspecified atom stereocenters. The number of amides is 1. The summed E-state index contributed by atoms with van der Waals surface area (Å²) >= 11 is 0. The number of halogens is 1. The number of hydrogen-bond donors (Lipinski definition) is 2. The van der Waals surface area contributed by atoms with Crippen LogP contribution in [0.1, 0.15) is 28.1 Å². The van der Waals surface area contributed by atoms with Crippen LogP contribution >= 0.6 is 0 Å². The van der Waals surface area contributed by atoms with Crippen LogP contribution in [0.5, 0.6) is 0 Å². The fraction of sp³-hybridized carbons (Fsp3) is 0.188. The molecule has 0 fully saturated rings. The fourth-order valence-electron chi connectivity index (χ4n) is 1.65. The van der Waals surface area contributed by atoms with E-state index < -0.39 is 5.82 Å². The maximum absolute atomic E-state index is 13.8. The third-order valence-corrected chi connectivity index (χ3v) is 2.69. The first-order valence-electron chi connectivity index (χ1n) is 6.40. The van der Waals surface area contributed by atoms with Crippen molar-refractivity contribution in [2.75, 3.05) is 6.61 Å². The summed E-state index contributed by atoms with van der Waals surface area (Å²) in [5.74, 6) is 4.90. The smallest absolute Gasteiger partial charge is 0.251 e. The fourth-order valence-corrected chi connectivity index (χ4v) is 1.65. The lowest BCUT2D eigenvalue weighted by atomic mass is 10.1. The van der Waals surface area contributed by atoms with Gasteiger partial charge in [-0.1, -0.05) is 11.8 Å². The zero-order valence-electron chi connectivity index (χ0n) is 11.2. The molecule has 1 heterocycles. The zero-order valence-corrected chi connectivity index (χ0v) is 11.2. The predicted molar refractivity (Wildman–Crippen MR) is 74.9 cm³/mol. The quantitative estimate of drug-likeness (QED) is 0.846. The highest BCUT2D eigenvalue weighted by Crippen LogP contribution is 2.10. The Balaban J connectivity index is 2.02. The van der Waals surface area contributed by atoms with Crippen LogP contribution in [-0.2, 0) is 6.54 Å². The van der Waals surface area contributed by atoms with Crippen LogP contribution in [0.4, 0.5) is 4.39 Å². The van der Waals surface area contributed by atoms with Gasteiger partial charge in [-0.25, -0.2) is 4.39 Å². The molecule has 21 heavy (non-hydrogen) atoms. The van der Waals surface area contributed by atoms with E-state index in [1.807, 2.05) is 0 Å². The summed E-state index contributed by atoms with van der Waals surface area (Å²) in [6.45, 7) is 0.174. The van der Waals surface area contributed by atoms with Gasteiger partial charge in [-0.05, 0) is 30.3 Å². The molecule has 0 bridgehead atoms. The molecule has 4 nitrogen and oxygen atoms in total. The summed E-state index contributed by atoms with van der Waals surface area (Å²) in [4.78, 5) is 11.9. The van der Waals surface area contributed by atoms with E-state index >= 15 is 0 Å². The van der Waals surface area contributed by atoms with Crippen molar-refractivity contribution in [1.82, 2.24) is 5.32 Å². The lowest BCUT2D eigenvalue weighted by Gasteiger charge is -2.04. The van der Waals surface area contributed by atoms with Gasteiger partial charge in [-0.3, -0.25) is 4.79 Å². The predicted octanol–water partition coefficient (Wildman–Crippen LogP) is 2.08. The second kappa shape index (κ2) is 7.27. The lowest BCUT2D eigenvalue weighted by molar-refractivity contribution is 0.0947. The Bertz CT molecular complexity index is 669. The minimum Gasteiger partial charge on any atom is -0.467 e. The van der Waals surface area contributed by atoms with Crippen LogP contribution < -0.4 is 5.32 Å². The summed E-state index contributed by atoms with van der Waals surface area (Å²) < 4.78 is 18.9.